The summed E-state index contributed by atoms with van der Waals surface area (Å²) in [4.78, 5) is 1.98. The van der Waals surface area contributed by atoms with E-state index in [0.29, 0.717) is 4.84 Å². The molecule has 1 aliphatic rings. The van der Waals surface area contributed by atoms with E-state index in [9.17, 15) is 0 Å². The monoisotopic (exact) mass is 357 g/mol. The fourth-order valence-corrected chi connectivity index (χ4v) is 3.80. The molecule has 6 heteroatoms. The molecule has 0 saturated carbocycles. The topological polar surface area (TPSA) is 41.0 Å². The summed E-state index contributed by atoms with van der Waals surface area (Å²) in [6.45, 7) is 2.77. The van der Waals surface area contributed by atoms with Gasteiger partial charge < -0.3 is 18.8 Å². The zero-order valence-corrected chi connectivity index (χ0v) is 15.2. The molecule has 0 radical (unpaired) electrons. The summed E-state index contributed by atoms with van der Waals surface area (Å²) in [7, 11) is 3.35. The molecule has 0 spiro atoms. The SMILES string of the molecule is COc1cc2c(cc1OC)C[NH+](Cn1c(=S)oc3ccccc31)CC2. The van der Waals surface area contributed by atoms with Crippen LogP contribution in [0.15, 0.2) is 40.8 Å². The standard InChI is InChI=1S/C19H20N2O3S/c1-22-17-9-13-7-8-20(11-14(13)10-18(17)23-2)12-21-15-5-3-4-6-16(15)24-19(21)25/h3-6,9-10H,7-8,11-12H2,1-2H3/p+1. The van der Waals surface area contributed by atoms with Crippen molar-refractivity contribution in [1.29, 1.82) is 0 Å². The number of ether oxygens (including phenoxy) is 2. The van der Waals surface area contributed by atoms with Gasteiger partial charge in [0.05, 0.1) is 26.3 Å². The second-order valence-corrected chi connectivity index (χ2v) is 6.67. The third kappa shape index (κ3) is 2.92. The zero-order chi connectivity index (χ0) is 17.4. The highest BCUT2D eigenvalue weighted by atomic mass is 32.1. The summed E-state index contributed by atoms with van der Waals surface area (Å²) in [5.74, 6) is 1.58. The highest BCUT2D eigenvalue weighted by Gasteiger charge is 2.23. The number of fused-ring (bicyclic) bond motifs is 2. The Bertz CT molecular complexity index is 976. The Morgan fingerprint density at radius 1 is 1.12 bits per heavy atom. The highest BCUT2D eigenvalue weighted by Crippen LogP contribution is 2.31. The molecule has 0 saturated heterocycles. The molecule has 0 aliphatic carbocycles. The van der Waals surface area contributed by atoms with Crippen LogP contribution in [-0.2, 0) is 19.6 Å². The second-order valence-electron chi connectivity index (χ2n) is 6.32. The van der Waals surface area contributed by atoms with E-state index < -0.39 is 0 Å². The van der Waals surface area contributed by atoms with Crippen molar-refractivity contribution in [2.45, 2.75) is 19.6 Å². The van der Waals surface area contributed by atoms with E-state index in [1.165, 1.54) is 16.0 Å². The second kappa shape index (κ2) is 6.54. The third-order valence-electron chi connectivity index (χ3n) is 4.85. The van der Waals surface area contributed by atoms with Crippen LogP contribution in [0.3, 0.4) is 0 Å². The van der Waals surface area contributed by atoms with Crippen molar-refractivity contribution in [1.82, 2.24) is 4.57 Å². The van der Waals surface area contributed by atoms with Crippen LogP contribution in [-0.4, -0.2) is 25.3 Å². The Morgan fingerprint density at radius 3 is 2.60 bits per heavy atom. The lowest BCUT2D eigenvalue weighted by molar-refractivity contribution is -0.938. The number of hydrogen-bond acceptors (Lipinski definition) is 4. The molecule has 2 heterocycles. The van der Waals surface area contributed by atoms with Crippen LogP contribution < -0.4 is 14.4 Å². The van der Waals surface area contributed by atoms with Crippen LogP contribution in [0.25, 0.3) is 11.1 Å². The molecular weight excluding hydrogens is 336 g/mol. The molecule has 1 aliphatic heterocycles. The van der Waals surface area contributed by atoms with E-state index in [0.717, 1.165) is 48.8 Å². The maximum atomic E-state index is 5.70. The van der Waals surface area contributed by atoms with Gasteiger partial charge in [-0.3, -0.25) is 4.57 Å². The van der Waals surface area contributed by atoms with E-state index in [-0.39, 0.29) is 0 Å². The minimum absolute atomic E-state index is 0.534. The zero-order valence-electron chi connectivity index (χ0n) is 14.4. The van der Waals surface area contributed by atoms with Gasteiger partial charge in [0.1, 0.15) is 6.54 Å². The maximum absolute atomic E-state index is 5.70. The van der Waals surface area contributed by atoms with E-state index in [4.69, 9.17) is 26.1 Å². The Hall–Kier alpha value is -2.31. The molecule has 5 nitrogen and oxygen atoms in total. The lowest BCUT2D eigenvalue weighted by Gasteiger charge is -2.27. The summed E-state index contributed by atoms with van der Waals surface area (Å²) in [6.07, 6.45) is 1.01. The molecule has 25 heavy (non-hydrogen) atoms. The summed E-state index contributed by atoms with van der Waals surface area (Å²) in [6, 6.07) is 12.2. The molecule has 1 aromatic heterocycles. The van der Waals surface area contributed by atoms with Gasteiger partial charge in [-0.05, 0) is 42.0 Å². The van der Waals surface area contributed by atoms with Gasteiger partial charge in [0.25, 0.3) is 4.84 Å². The highest BCUT2D eigenvalue weighted by molar-refractivity contribution is 7.71. The van der Waals surface area contributed by atoms with Crippen molar-refractivity contribution in [3.8, 4) is 11.5 Å². The van der Waals surface area contributed by atoms with Crippen LogP contribution in [0.5, 0.6) is 11.5 Å². The molecular formula is C19H21N2O3S+. The van der Waals surface area contributed by atoms with Gasteiger partial charge >= 0.3 is 0 Å². The molecule has 1 atom stereocenters. The number of methoxy groups -OCH3 is 2. The van der Waals surface area contributed by atoms with Crippen molar-refractivity contribution in [3.05, 3.63) is 52.4 Å². The average molecular weight is 357 g/mol. The molecule has 0 bridgehead atoms. The van der Waals surface area contributed by atoms with E-state index in [1.54, 1.807) is 14.2 Å². The van der Waals surface area contributed by atoms with Gasteiger partial charge in [0.2, 0.25) is 0 Å². The predicted molar refractivity (Wildman–Crippen MR) is 97.8 cm³/mol. The molecule has 1 unspecified atom stereocenters. The number of quaternary nitrogens is 1. The van der Waals surface area contributed by atoms with Crippen LogP contribution in [0, 0.1) is 4.84 Å². The van der Waals surface area contributed by atoms with E-state index in [2.05, 4.69) is 22.8 Å². The van der Waals surface area contributed by atoms with E-state index >= 15 is 0 Å². The lowest BCUT2D eigenvalue weighted by Crippen LogP contribution is -3.11. The van der Waals surface area contributed by atoms with Crippen molar-refractivity contribution >= 4 is 23.3 Å². The fraction of sp³-hybridized carbons (Fsp3) is 0.316. The van der Waals surface area contributed by atoms with Gasteiger partial charge in [-0.1, -0.05) is 12.1 Å². The number of rotatable bonds is 4. The van der Waals surface area contributed by atoms with Gasteiger partial charge in [-0.2, -0.15) is 0 Å². The number of nitrogens with one attached hydrogen (secondary N) is 1. The smallest absolute Gasteiger partial charge is 0.274 e. The summed E-state index contributed by atoms with van der Waals surface area (Å²) >= 11 is 5.42. The van der Waals surface area contributed by atoms with Crippen molar-refractivity contribution < 1.29 is 18.8 Å². The van der Waals surface area contributed by atoms with Crippen molar-refractivity contribution in [2.75, 3.05) is 20.8 Å². The predicted octanol–water partition coefficient (Wildman–Crippen LogP) is 2.58. The first-order chi connectivity index (χ1) is 12.2. The van der Waals surface area contributed by atoms with Crippen LogP contribution in [0.1, 0.15) is 11.1 Å². The Labute approximate surface area is 151 Å². The number of hydrogen-bond donors (Lipinski definition) is 1. The van der Waals surface area contributed by atoms with Crippen molar-refractivity contribution in [3.63, 3.8) is 0 Å². The number of oxazole rings is 1. The van der Waals surface area contributed by atoms with Crippen LogP contribution in [0.2, 0.25) is 0 Å². The molecule has 1 N–H and O–H groups in total. The summed E-state index contributed by atoms with van der Waals surface area (Å²) < 4.78 is 18.7. The number of benzene rings is 2. The van der Waals surface area contributed by atoms with Crippen LogP contribution in [0.4, 0.5) is 0 Å². The maximum Gasteiger partial charge on any atom is 0.274 e. The van der Waals surface area contributed by atoms with Gasteiger partial charge in [0, 0.05) is 12.0 Å². The molecule has 3 aromatic rings. The molecule has 4 rings (SSSR count). The molecule has 0 amide bonds. The number of aromatic nitrogens is 1. The van der Waals surface area contributed by atoms with Crippen LogP contribution >= 0.6 is 12.2 Å². The lowest BCUT2D eigenvalue weighted by atomic mass is 9.99. The fourth-order valence-electron chi connectivity index (χ4n) is 3.55. The molecule has 0 fully saturated rings. The first-order valence-electron chi connectivity index (χ1n) is 8.35. The molecule has 2 aromatic carbocycles. The third-order valence-corrected chi connectivity index (χ3v) is 5.15. The van der Waals surface area contributed by atoms with Gasteiger partial charge in [-0.15, -0.1) is 0 Å². The normalized spacial score (nSPS) is 16.6. The van der Waals surface area contributed by atoms with Gasteiger partial charge in [-0.25, -0.2) is 0 Å². The molecule has 130 valence electrons. The Morgan fingerprint density at radius 2 is 1.84 bits per heavy atom. The number of nitrogens with zero attached hydrogens (tertiary/aromatic N) is 1. The Kier molecular flexibility index (Phi) is 4.23. The van der Waals surface area contributed by atoms with Gasteiger partial charge in [0.15, 0.2) is 23.8 Å². The summed E-state index contributed by atoms with van der Waals surface area (Å²) in [5.41, 5.74) is 4.54. The quantitative estimate of drug-likeness (QED) is 0.729. The average Bonchev–Trinajstić information content (AvgIpc) is 2.96. The Balaban J connectivity index is 1.62. The largest absolute Gasteiger partial charge is 0.493 e. The first-order valence-corrected chi connectivity index (χ1v) is 8.76. The van der Waals surface area contributed by atoms with Crippen molar-refractivity contribution in [2.24, 2.45) is 0 Å². The summed E-state index contributed by atoms with van der Waals surface area (Å²) in [5, 5.41) is 0. The van der Waals surface area contributed by atoms with E-state index in [1.807, 2.05) is 18.2 Å². The first kappa shape index (κ1) is 16.2. The minimum Gasteiger partial charge on any atom is -0.493 e. The number of para-hydroxylation sites is 2. The minimum atomic E-state index is 0.534.